The fourth-order valence-corrected chi connectivity index (χ4v) is 3.65. The van der Waals surface area contributed by atoms with Gasteiger partial charge in [0, 0.05) is 12.5 Å². The Hall–Kier alpha value is -1.39. The molecule has 3 unspecified atom stereocenters. The molecule has 0 amide bonds. The summed E-state index contributed by atoms with van der Waals surface area (Å²) >= 11 is 0. The summed E-state index contributed by atoms with van der Waals surface area (Å²) in [5.74, 6) is 1.19. The first kappa shape index (κ1) is 13.6. The van der Waals surface area contributed by atoms with E-state index in [0.717, 1.165) is 12.3 Å². The van der Waals surface area contributed by atoms with Gasteiger partial charge in [-0.15, -0.1) is 0 Å². The summed E-state index contributed by atoms with van der Waals surface area (Å²) in [6, 6.07) is 8.87. The Morgan fingerprint density at radius 2 is 2.00 bits per heavy atom. The highest BCUT2D eigenvalue weighted by atomic mass is 16.6. The van der Waals surface area contributed by atoms with Crippen molar-refractivity contribution in [3.05, 3.63) is 35.9 Å². The minimum atomic E-state index is -1.06. The number of aliphatic hydroxyl groups excluding tert-OH is 1. The van der Waals surface area contributed by atoms with Gasteiger partial charge in [0.25, 0.3) is 0 Å². The minimum absolute atomic E-state index is 0.137. The van der Waals surface area contributed by atoms with Gasteiger partial charge >= 0.3 is 5.97 Å². The predicted molar refractivity (Wildman–Crippen MR) is 74.8 cm³/mol. The van der Waals surface area contributed by atoms with E-state index < -0.39 is 12.3 Å². The molecule has 4 rings (SSSR count). The van der Waals surface area contributed by atoms with E-state index in [0.29, 0.717) is 17.9 Å². The van der Waals surface area contributed by atoms with Crippen molar-refractivity contribution < 1.29 is 14.6 Å². The van der Waals surface area contributed by atoms with Gasteiger partial charge in [-0.3, -0.25) is 0 Å². The van der Waals surface area contributed by atoms with Crippen molar-refractivity contribution >= 4 is 5.97 Å². The third kappa shape index (κ3) is 2.72. The quantitative estimate of drug-likeness (QED) is 0.650. The molecule has 1 aromatic rings. The Morgan fingerprint density at radius 3 is 2.65 bits per heavy atom. The molecule has 3 fully saturated rings. The van der Waals surface area contributed by atoms with Crippen molar-refractivity contribution in [1.29, 1.82) is 0 Å². The van der Waals surface area contributed by atoms with Gasteiger partial charge in [0.05, 0.1) is 5.56 Å². The molecule has 3 saturated carbocycles. The number of aliphatic hydroxyl groups is 1. The zero-order valence-corrected chi connectivity index (χ0v) is 11.4. The number of fused-ring (bicyclic) bond motifs is 2. The first-order valence-corrected chi connectivity index (χ1v) is 7.33. The van der Waals surface area contributed by atoms with Gasteiger partial charge in [-0.25, -0.2) is 4.79 Å². The third-order valence-electron chi connectivity index (χ3n) is 4.76. The second-order valence-electron chi connectivity index (χ2n) is 6.12. The van der Waals surface area contributed by atoms with Gasteiger partial charge in [-0.2, -0.15) is 0 Å². The largest absolute Gasteiger partial charge is 0.432 e. The average molecular weight is 275 g/mol. The highest BCUT2D eigenvalue weighted by Crippen LogP contribution is 2.49. The Bertz CT molecular complexity index is 468. The predicted octanol–water partition coefficient (Wildman–Crippen LogP) is 1.93. The molecular weight excluding hydrogens is 254 g/mol. The molecule has 0 aliphatic heterocycles. The van der Waals surface area contributed by atoms with E-state index in [2.05, 4.69) is 0 Å². The molecule has 3 aliphatic carbocycles. The van der Waals surface area contributed by atoms with Crippen LogP contribution < -0.4 is 5.73 Å². The molecule has 4 nitrogen and oxygen atoms in total. The summed E-state index contributed by atoms with van der Waals surface area (Å²) in [6.45, 7) is 0. The van der Waals surface area contributed by atoms with E-state index in [4.69, 9.17) is 10.5 Å². The number of nitrogens with two attached hydrogens (primary N) is 1. The highest BCUT2D eigenvalue weighted by Gasteiger charge is 2.45. The second-order valence-corrected chi connectivity index (χ2v) is 6.12. The molecule has 1 aromatic carbocycles. The SMILES string of the molecule is NC1CC2CC(C2)C1CC(O)OC(=O)c1ccccc1. The first-order chi connectivity index (χ1) is 9.63. The van der Waals surface area contributed by atoms with Crippen LogP contribution in [0.4, 0.5) is 0 Å². The fourth-order valence-electron chi connectivity index (χ4n) is 3.65. The maximum absolute atomic E-state index is 11.9. The van der Waals surface area contributed by atoms with Crippen LogP contribution in [-0.2, 0) is 4.74 Å². The van der Waals surface area contributed by atoms with E-state index in [-0.39, 0.29) is 12.0 Å². The van der Waals surface area contributed by atoms with Crippen LogP contribution >= 0.6 is 0 Å². The van der Waals surface area contributed by atoms with Crippen LogP contribution in [0.15, 0.2) is 30.3 Å². The number of ether oxygens (including phenoxy) is 1. The lowest BCUT2D eigenvalue weighted by Gasteiger charge is -2.50. The first-order valence-electron chi connectivity index (χ1n) is 7.33. The number of hydrogen-bond donors (Lipinski definition) is 2. The van der Waals surface area contributed by atoms with Crippen LogP contribution in [-0.4, -0.2) is 23.4 Å². The summed E-state index contributed by atoms with van der Waals surface area (Å²) in [4.78, 5) is 11.9. The Labute approximate surface area is 118 Å². The van der Waals surface area contributed by atoms with Crippen LogP contribution in [0.25, 0.3) is 0 Å². The maximum atomic E-state index is 11.9. The lowest BCUT2D eigenvalue weighted by Crippen LogP contribution is -2.50. The third-order valence-corrected chi connectivity index (χ3v) is 4.76. The van der Waals surface area contributed by atoms with Crippen molar-refractivity contribution in [1.82, 2.24) is 0 Å². The Morgan fingerprint density at radius 1 is 1.30 bits per heavy atom. The van der Waals surface area contributed by atoms with Crippen molar-refractivity contribution in [2.75, 3.05) is 0 Å². The van der Waals surface area contributed by atoms with Crippen molar-refractivity contribution in [2.24, 2.45) is 23.5 Å². The summed E-state index contributed by atoms with van der Waals surface area (Å²) in [5, 5.41) is 9.99. The lowest BCUT2D eigenvalue weighted by molar-refractivity contribution is -0.0972. The minimum Gasteiger partial charge on any atom is -0.432 e. The van der Waals surface area contributed by atoms with Crippen molar-refractivity contribution in [2.45, 2.75) is 38.0 Å². The lowest BCUT2D eigenvalue weighted by atomic mass is 9.57. The zero-order chi connectivity index (χ0) is 14.1. The summed E-state index contributed by atoms with van der Waals surface area (Å²) in [7, 11) is 0. The zero-order valence-electron chi connectivity index (χ0n) is 11.4. The van der Waals surface area contributed by atoms with E-state index >= 15 is 0 Å². The fraction of sp³-hybridized carbons (Fsp3) is 0.562. The van der Waals surface area contributed by atoms with Gasteiger partial charge in [0.2, 0.25) is 6.29 Å². The highest BCUT2D eigenvalue weighted by molar-refractivity contribution is 5.89. The molecule has 20 heavy (non-hydrogen) atoms. The normalized spacial score (nSPS) is 33.1. The average Bonchev–Trinajstić information content (AvgIpc) is 2.40. The number of hydrogen-bond acceptors (Lipinski definition) is 4. The van der Waals surface area contributed by atoms with E-state index in [9.17, 15) is 9.90 Å². The van der Waals surface area contributed by atoms with Gasteiger partial charge in [-0.05, 0) is 49.1 Å². The van der Waals surface area contributed by atoms with Crippen LogP contribution in [0, 0.1) is 17.8 Å². The van der Waals surface area contributed by atoms with Crippen molar-refractivity contribution in [3.63, 3.8) is 0 Å². The topological polar surface area (TPSA) is 72.6 Å². The summed E-state index contributed by atoms with van der Waals surface area (Å²) in [5.41, 5.74) is 6.60. The van der Waals surface area contributed by atoms with Crippen LogP contribution in [0.2, 0.25) is 0 Å². The van der Waals surface area contributed by atoms with Crippen LogP contribution in [0.5, 0.6) is 0 Å². The molecular formula is C16H21NO3. The van der Waals surface area contributed by atoms with Crippen molar-refractivity contribution in [3.8, 4) is 0 Å². The number of carbonyl (C=O) groups is 1. The van der Waals surface area contributed by atoms with E-state index in [1.165, 1.54) is 12.8 Å². The maximum Gasteiger partial charge on any atom is 0.340 e. The standard InChI is InChI=1S/C16H21NO3/c17-14-8-10-6-12(7-10)13(14)9-15(18)20-16(19)11-4-2-1-3-5-11/h1-5,10,12-15,18H,6-9,17H2. The number of benzene rings is 1. The summed E-state index contributed by atoms with van der Waals surface area (Å²) < 4.78 is 5.11. The molecule has 3 N–H and O–H groups in total. The molecule has 0 radical (unpaired) electrons. The Kier molecular flexibility index (Phi) is 3.76. The molecule has 3 aliphatic rings. The second kappa shape index (κ2) is 5.54. The van der Waals surface area contributed by atoms with Gasteiger partial charge < -0.3 is 15.6 Å². The number of esters is 1. The van der Waals surface area contributed by atoms with Gasteiger partial charge in [0.1, 0.15) is 0 Å². The van der Waals surface area contributed by atoms with Crippen LogP contribution in [0.1, 0.15) is 36.0 Å². The molecule has 0 aromatic heterocycles. The molecule has 4 heteroatoms. The number of rotatable bonds is 4. The van der Waals surface area contributed by atoms with E-state index in [1.54, 1.807) is 24.3 Å². The van der Waals surface area contributed by atoms with Gasteiger partial charge in [0.15, 0.2) is 0 Å². The molecule has 2 bridgehead atoms. The molecule has 0 spiro atoms. The molecule has 0 heterocycles. The molecule has 0 saturated heterocycles. The molecule has 3 atom stereocenters. The molecule has 108 valence electrons. The number of carbonyl (C=O) groups excluding carboxylic acids is 1. The van der Waals surface area contributed by atoms with Gasteiger partial charge in [-0.1, -0.05) is 18.2 Å². The van der Waals surface area contributed by atoms with E-state index in [1.807, 2.05) is 6.07 Å². The summed E-state index contributed by atoms with van der Waals surface area (Å²) in [6.07, 6.45) is 2.88. The smallest absolute Gasteiger partial charge is 0.340 e. The monoisotopic (exact) mass is 275 g/mol. The van der Waals surface area contributed by atoms with Crippen LogP contribution in [0.3, 0.4) is 0 Å². The Balaban J connectivity index is 1.54.